The van der Waals surface area contributed by atoms with E-state index in [-0.39, 0.29) is 0 Å². The fourth-order valence-corrected chi connectivity index (χ4v) is 1.21. The predicted molar refractivity (Wildman–Crippen MR) is 49.5 cm³/mol. The number of benzene rings is 1. The minimum Gasteiger partial charge on any atom is -0.490 e. The summed E-state index contributed by atoms with van der Waals surface area (Å²) in [7, 11) is 0. The van der Waals surface area contributed by atoms with E-state index in [1.165, 1.54) is 12.8 Å². The fourth-order valence-electron chi connectivity index (χ4n) is 1.21. The van der Waals surface area contributed by atoms with E-state index in [0.717, 1.165) is 16.9 Å². The zero-order chi connectivity index (χ0) is 9.26. The van der Waals surface area contributed by atoms with Gasteiger partial charge in [0.1, 0.15) is 5.75 Å². The molecule has 0 unspecified atom stereocenters. The third-order valence-electron chi connectivity index (χ3n) is 2.15. The van der Waals surface area contributed by atoms with Crippen LogP contribution in [0.4, 0.5) is 0 Å². The summed E-state index contributed by atoms with van der Waals surface area (Å²) in [5.41, 5.74) is 1.71. The number of aryl methyl sites for hydroxylation is 1. The van der Waals surface area contributed by atoms with Gasteiger partial charge in [-0.2, -0.15) is 5.26 Å². The largest absolute Gasteiger partial charge is 0.490 e. The lowest BCUT2D eigenvalue weighted by molar-refractivity contribution is 0.303. The van der Waals surface area contributed by atoms with Crippen molar-refractivity contribution in [2.45, 2.75) is 25.9 Å². The van der Waals surface area contributed by atoms with Crippen LogP contribution < -0.4 is 4.74 Å². The van der Waals surface area contributed by atoms with Gasteiger partial charge in [0.15, 0.2) is 0 Å². The molecule has 2 nitrogen and oxygen atoms in total. The first kappa shape index (κ1) is 8.12. The number of nitrogens with zero attached hydrogens (tertiary/aromatic N) is 1. The summed E-state index contributed by atoms with van der Waals surface area (Å²) in [5.74, 6) is 0.888. The maximum Gasteiger partial charge on any atom is 0.120 e. The van der Waals surface area contributed by atoms with Crippen LogP contribution in [0.5, 0.6) is 5.75 Å². The van der Waals surface area contributed by atoms with Gasteiger partial charge in [-0.3, -0.25) is 0 Å². The van der Waals surface area contributed by atoms with Crippen molar-refractivity contribution in [2.75, 3.05) is 0 Å². The van der Waals surface area contributed by atoms with Gasteiger partial charge in [0.05, 0.1) is 17.7 Å². The summed E-state index contributed by atoms with van der Waals surface area (Å²) >= 11 is 0. The highest BCUT2D eigenvalue weighted by atomic mass is 16.5. The van der Waals surface area contributed by atoms with Gasteiger partial charge in [0, 0.05) is 0 Å². The molecule has 0 heterocycles. The van der Waals surface area contributed by atoms with E-state index in [4.69, 9.17) is 10.00 Å². The minimum absolute atomic E-state index is 0.423. The molecular weight excluding hydrogens is 162 g/mol. The number of rotatable bonds is 2. The van der Waals surface area contributed by atoms with Crippen LogP contribution in [0.15, 0.2) is 18.2 Å². The third-order valence-corrected chi connectivity index (χ3v) is 2.15. The molecular formula is C11H11NO. The molecule has 13 heavy (non-hydrogen) atoms. The SMILES string of the molecule is Cc1cc(OC2CC2)ccc1C#N. The average molecular weight is 173 g/mol. The van der Waals surface area contributed by atoms with E-state index in [2.05, 4.69) is 6.07 Å². The summed E-state index contributed by atoms with van der Waals surface area (Å²) in [6.45, 7) is 1.93. The summed E-state index contributed by atoms with van der Waals surface area (Å²) in [4.78, 5) is 0. The Morgan fingerprint density at radius 1 is 1.46 bits per heavy atom. The van der Waals surface area contributed by atoms with Crippen molar-refractivity contribution in [3.63, 3.8) is 0 Å². The maximum absolute atomic E-state index is 8.71. The second-order valence-electron chi connectivity index (χ2n) is 3.41. The normalized spacial score (nSPS) is 15.1. The summed E-state index contributed by atoms with van der Waals surface area (Å²) < 4.78 is 5.60. The standard InChI is InChI=1S/C11H11NO/c1-8-6-11(13-10-4-5-10)3-2-9(8)7-12/h2-3,6,10H,4-5H2,1H3. The Hall–Kier alpha value is -1.49. The van der Waals surface area contributed by atoms with Gasteiger partial charge in [-0.15, -0.1) is 0 Å². The van der Waals surface area contributed by atoms with Crippen LogP contribution in [0.2, 0.25) is 0 Å². The molecule has 1 saturated carbocycles. The molecule has 0 N–H and O–H groups in total. The van der Waals surface area contributed by atoms with Gasteiger partial charge in [-0.25, -0.2) is 0 Å². The molecule has 0 amide bonds. The molecule has 0 spiro atoms. The second-order valence-corrected chi connectivity index (χ2v) is 3.41. The fraction of sp³-hybridized carbons (Fsp3) is 0.364. The van der Waals surface area contributed by atoms with Crippen LogP contribution in [0.1, 0.15) is 24.0 Å². The van der Waals surface area contributed by atoms with Crippen LogP contribution in [-0.2, 0) is 0 Å². The summed E-state index contributed by atoms with van der Waals surface area (Å²) in [5, 5.41) is 8.71. The zero-order valence-corrected chi connectivity index (χ0v) is 7.58. The maximum atomic E-state index is 8.71. The van der Waals surface area contributed by atoms with Crippen LogP contribution in [0.25, 0.3) is 0 Å². The first-order valence-corrected chi connectivity index (χ1v) is 4.47. The highest BCUT2D eigenvalue weighted by Gasteiger charge is 2.23. The van der Waals surface area contributed by atoms with E-state index in [1.54, 1.807) is 0 Å². The average Bonchev–Trinajstić information content (AvgIpc) is 2.89. The van der Waals surface area contributed by atoms with Gasteiger partial charge in [0.25, 0.3) is 0 Å². The van der Waals surface area contributed by atoms with Crippen molar-refractivity contribution in [3.8, 4) is 11.8 Å². The van der Waals surface area contributed by atoms with Gasteiger partial charge in [-0.1, -0.05) is 0 Å². The van der Waals surface area contributed by atoms with Gasteiger partial charge in [0.2, 0.25) is 0 Å². The van der Waals surface area contributed by atoms with Crippen LogP contribution >= 0.6 is 0 Å². The van der Waals surface area contributed by atoms with Crippen molar-refractivity contribution in [1.29, 1.82) is 5.26 Å². The first-order valence-electron chi connectivity index (χ1n) is 4.47. The van der Waals surface area contributed by atoms with Crippen molar-refractivity contribution in [3.05, 3.63) is 29.3 Å². The first-order chi connectivity index (χ1) is 6.29. The number of hydrogen-bond acceptors (Lipinski definition) is 2. The second kappa shape index (κ2) is 3.10. The lowest BCUT2D eigenvalue weighted by atomic mass is 10.1. The van der Waals surface area contributed by atoms with E-state index in [1.807, 2.05) is 25.1 Å². The summed E-state index contributed by atoms with van der Waals surface area (Å²) in [6.07, 6.45) is 2.75. The molecule has 2 rings (SSSR count). The Morgan fingerprint density at radius 2 is 2.23 bits per heavy atom. The molecule has 1 aliphatic rings. The summed E-state index contributed by atoms with van der Waals surface area (Å²) in [6, 6.07) is 7.74. The number of nitriles is 1. The topological polar surface area (TPSA) is 33.0 Å². The lowest BCUT2D eigenvalue weighted by Gasteiger charge is -2.05. The van der Waals surface area contributed by atoms with Crippen LogP contribution in [-0.4, -0.2) is 6.10 Å². The van der Waals surface area contributed by atoms with E-state index < -0.39 is 0 Å². The van der Waals surface area contributed by atoms with Crippen molar-refractivity contribution < 1.29 is 4.74 Å². The van der Waals surface area contributed by atoms with Crippen molar-refractivity contribution >= 4 is 0 Å². The molecule has 0 radical (unpaired) electrons. The molecule has 0 atom stereocenters. The zero-order valence-electron chi connectivity index (χ0n) is 7.58. The molecule has 0 saturated heterocycles. The number of hydrogen-bond donors (Lipinski definition) is 0. The van der Waals surface area contributed by atoms with E-state index >= 15 is 0 Å². The molecule has 0 bridgehead atoms. The Labute approximate surface area is 77.8 Å². The Bertz CT molecular complexity index is 361. The van der Waals surface area contributed by atoms with Gasteiger partial charge >= 0.3 is 0 Å². The van der Waals surface area contributed by atoms with Crippen LogP contribution in [0, 0.1) is 18.3 Å². The molecule has 2 heteroatoms. The quantitative estimate of drug-likeness (QED) is 0.688. The third kappa shape index (κ3) is 1.81. The van der Waals surface area contributed by atoms with Gasteiger partial charge in [-0.05, 0) is 43.5 Å². The Balaban J connectivity index is 2.19. The van der Waals surface area contributed by atoms with E-state index in [9.17, 15) is 0 Å². The van der Waals surface area contributed by atoms with Crippen molar-refractivity contribution in [1.82, 2.24) is 0 Å². The van der Waals surface area contributed by atoms with Crippen LogP contribution in [0.3, 0.4) is 0 Å². The lowest BCUT2D eigenvalue weighted by Crippen LogP contribution is -1.96. The Morgan fingerprint density at radius 3 is 2.77 bits per heavy atom. The molecule has 0 aliphatic heterocycles. The van der Waals surface area contributed by atoms with Crippen molar-refractivity contribution in [2.24, 2.45) is 0 Å². The highest BCUT2D eigenvalue weighted by molar-refractivity contribution is 5.41. The monoisotopic (exact) mass is 173 g/mol. The van der Waals surface area contributed by atoms with E-state index in [0.29, 0.717) is 6.10 Å². The molecule has 66 valence electrons. The Kier molecular flexibility index (Phi) is 1.94. The minimum atomic E-state index is 0.423. The molecule has 1 aromatic carbocycles. The highest BCUT2D eigenvalue weighted by Crippen LogP contribution is 2.27. The molecule has 1 fully saturated rings. The van der Waals surface area contributed by atoms with Gasteiger partial charge < -0.3 is 4.74 Å². The predicted octanol–water partition coefficient (Wildman–Crippen LogP) is 2.41. The number of ether oxygens (including phenoxy) is 1. The molecule has 1 aromatic rings. The molecule has 1 aliphatic carbocycles. The smallest absolute Gasteiger partial charge is 0.120 e. The molecule has 0 aromatic heterocycles.